The minimum Gasteiger partial charge on any atom is -0.495 e. The first kappa shape index (κ1) is 14.0. The van der Waals surface area contributed by atoms with Crippen LogP contribution < -0.4 is 10.5 Å². The molecule has 0 saturated carbocycles. The zero-order valence-corrected chi connectivity index (χ0v) is 11.8. The number of nitrogens with zero attached hydrogens (tertiary/aromatic N) is 1. The normalized spacial score (nSPS) is 10.3. The minimum atomic E-state index is -0.0973. The molecule has 1 heterocycles. The van der Waals surface area contributed by atoms with E-state index in [1.54, 1.807) is 43.5 Å². The standard InChI is InChI=1S/C15H18N2O3/c1-10-12(6-7-20-10)9-17(2)15(18)11-4-5-14(19-3)13(16)8-11/h4-8H,9,16H2,1-3H3. The van der Waals surface area contributed by atoms with E-state index in [9.17, 15) is 4.79 Å². The van der Waals surface area contributed by atoms with Crippen LogP contribution in [0.2, 0.25) is 0 Å². The van der Waals surface area contributed by atoms with E-state index in [0.717, 1.165) is 11.3 Å². The lowest BCUT2D eigenvalue weighted by molar-refractivity contribution is 0.0784. The number of nitrogen functional groups attached to an aromatic ring is 1. The molecular weight excluding hydrogens is 256 g/mol. The van der Waals surface area contributed by atoms with E-state index in [0.29, 0.717) is 23.5 Å². The monoisotopic (exact) mass is 274 g/mol. The van der Waals surface area contributed by atoms with Gasteiger partial charge in [0.15, 0.2) is 0 Å². The predicted octanol–water partition coefficient (Wildman–Crippen LogP) is 2.45. The molecule has 5 heteroatoms. The van der Waals surface area contributed by atoms with Crippen LogP contribution >= 0.6 is 0 Å². The lowest BCUT2D eigenvalue weighted by atomic mass is 10.1. The number of hydrogen-bond acceptors (Lipinski definition) is 4. The number of methoxy groups -OCH3 is 1. The quantitative estimate of drug-likeness (QED) is 0.869. The highest BCUT2D eigenvalue weighted by atomic mass is 16.5. The highest BCUT2D eigenvalue weighted by Crippen LogP contribution is 2.23. The summed E-state index contributed by atoms with van der Waals surface area (Å²) in [6.45, 7) is 2.37. The number of carbonyl (C=O) groups excluding carboxylic acids is 1. The molecule has 2 aromatic rings. The van der Waals surface area contributed by atoms with Crippen molar-refractivity contribution in [3.05, 3.63) is 47.4 Å². The molecule has 1 amide bonds. The van der Waals surface area contributed by atoms with Gasteiger partial charge in [0.05, 0.1) is 19.1 Å². The zero-order valence-electron chi connectivity index (χ0n) is 11.8. The first-order chi connectivity index (χ1) is 9.52. The number of hydrogen-bond donors (Lipinski definition) is 1. The number of nitrogens with two attached hydrogens (primary N) is 1. The predicted molar refractivity (Wildman–Crippen MR) is 76.6 cm³/mol. The molecule has 0 unspecified atom stereocenters. The van der Waals surface area contributed by atoms with E-state index in [4.69, 9.17) is 14.9 Å². The molecule has 0 saturated heterocycles. The summed E-state index contributed by atoms with van der Waals surface area (Å²) >= 11 is 0. The van der Waals surface area contributed by atoms with Gasteiger partial charge >= 0.3 is 0 Å². The highest BCUT2D eigenvalue weighted by Gasteiger charge is 2.15. The van der Waals surface area contributed by atoms with Crippen LogP contribution in [-0.4, -0.2) is 25.0 Å². The van der Waals surface area contributed by atoms with Crippen LogP contribution in [0.3, 0.4) is 0 Å². The molecule has 0 fully saturated rings. The number of anilines is 1. The zero-order chi connectivity index (χ0) is 14.7. The van der Waals surface area contributed by atoms with Crippen molar-refractivity contribution in [1.82, 2.24) is 4.90 Å². The number of benzene rings is 1. The number of carbonyl (C=O) groups is 1. The molecule has 0 radical (unpaired) electrons. The van der Waals surface area contributed by atoms with Gasteiger partial charge in [0, 0.05) is 24.7 Å². The second-order valence-corrected chi connectivity index (χ2v) is 4.62. The van der Waals surface area contributed by atoms with Crippen LogP contribution in [0.15, 0.2) is 34.9 Å². The van der Waals surface area contributed by atoms with E-state index in [1.807, 2.05) is 13.0 Å². The maximum absolute atomic E-state index is 12.3. The third-order valence-electron chi connectivity index (χ3n) is 3.20. The van der Waals surface area contributed by atoms with Crippen LogP contribution in [0.4, 0.5) is 5.69 Å². The molecule has 0 aliphatic heterocycles. The largest absolute Gasteiger partial charge is 0.495 e. The summed E-state index contributed by atoms with van der Waals surface area (Å²) in [5.41, 5.74) is 7.79. The summed E-state index contributed by atoms with van der Waals surface area (Å²) in [6.07, 6.45) is 1.62. The fourth-order valence-corrected chi connectivity index (χ4v) is 1.99. The van der Waals surface area contributed by atoms with Crippen molar-refractivity contribution in [3.8, 4) is 5.75 Å². The van der Waals surface area contributed by atoms with Crippen molar-refractivity contribution in [2.45, 2.75) is 13.5 Å². The Balaban J connectivity index is 2.14. The average Bonchev–Trinajstić information content (AvgIpc) is 2.83. The topological polar surface area (TPSA) is 68.7 Å². The SMILES string of the molecule is COc1ccc(C(=O)N(C)Cc2ccoc2C)cc1N. The summed E-state index contributed by atoms with van der Waals surface area (Å²) in [7, 11) is 3.29. The van der Waals surface area contributed by atoms with Gasteiger partial charge < -0.3 is 19.8 Å². The van der Waals surface area contributed by atoms with Crippen LogP contribution in [0.5, 0.6) is 5.75 Å². The summed E-state index contributed by atoms with van der Waals surface area (Å²) in [5.74, 6) is 1.29. The Morgan fingerprint density at radius 1 is 1.40 bits per heavy atom. The molecule has 20 heavy (non-hydrogen) atoms. The van der Waals surface area contributed by atoms with Crippen LogP contribution in [0, 0.1) is 6.92 Å². The van der Waals surface area contributed by atoms with Gasteiger partial charge in [0.1, 0.15) is 11.5 Å². The molecule has 106 valence electrons. The molecule has 0 atom stereocenters. The molecule has 2 rings (SSSR count). The molecular formula is C15H18N2O3. The molecule has 1 aromatic heterocycles. The van der Waals surface area contributed by atoms with E-state index >= 15 is 0 Å². The Morgan fingerprint density at radius 3 is 2.70 bits per heavy atom. The molecule has 0 aliphatic rings. The maximum atomic E-state index is 12.3. The molecule has 0 aliphatic carbocycles. The van der Waals surface area contributed by atoms with E-state index < -0.39 is 0 Å². The van der Waals surface area contributed by atoms with Crippen LogP contribution in [0.25, 0.3) is 0 Å². The van der Waals surface area contributed by atoms with Gasteiger partial charge in [-0.2, -0.15) is 0 Å². The summed E-state index contributed by atoms with van der Waals surface area (Å²) in [5, 5.41) is 0. The second kappa shape index (κ2) is 5.69. The summed E-state index contributed by atoms with van der Waals surface area (Å²) in [4.78, 5) is 14.0. The lowest BCUT2D eigenvalue weighted by Gasteiger charge is -2.17. The molecule has 5 nitrogen and oxygen atoms in total. The number of rotatable bonds is 4. The fraction of sp³-hybridized carbons (Fsp3) is 0.267. The lowest BCUT2D eigenvalue weighted by Crippen LogP contribution is -2.26. The van der Waals surface area contributed by atoms with Gasteiger partial charge in [-0.3, -0.25) is 4.79 Å². The van der Waals surface area contributed by atoms with Crippen LogP contribution in [-0.2, 0) is 6.54 Å². The van der Waals surface area contributed by atoms with Gasteiger partial charge in [-0.25, -0.2) is 0 Å². The highest BCUT2D eigenvalue weighted by molar-refractivity contribution is 5.95. The van der Waals surface area contributed by atoms with Crippen molar-refractivity contribution in [2.24, 2.45) is 0 Å². The van der Waals surface area contributed by atoms with Gasteiger partial charge in [-0.05, 0) is 31.2 Å². The fourth-order valence-electron chi connectivity index (χ4n) is 1.99. The Bertz CT molecular complexity index is 619. The Morgan fingerprint density at radius 2 is 2.15 bits per heavy atom. The van der Waals surface area contributed by atoms with Crippen molar-refractivity contribution >= 4 is 11.6 Å². The van der Waals surface area contributed by atoms with E-state index in [1.165, 1.54) is 0 Å². The Kier molecular flexibility index (Phi) is 3.98. The second-order valence-electron chi connectivity index (χ2n) is 4.62. The number of furan rings is 1. The average molecular weight is 274 g/mol. The molecule has 2 N–H and O–H groups in total. The van der Waals surface area contributed by atoms with Crippen molar-refractivity contribution in [1.29, 1.82) is 0 Å². The third kappa shape index (κ3) is 2.77. The minimum absolute atomic E-state index is 0.0973. The molecule has 1 aromatic carbocycles. The van der Waals surface area contributed by atoms with E-state index in [-0.39, 0.29) is 5.91 Å². The smallest absolute Gasteiger partial charge is 0.253 e. The first-order valence-electron chi connectivity index (χ1n) is 6.25. The number of aryl methyl sites for hydroxylation is 1. The molecule has 0 spiro atoms. The van der Waals surface area contributed by atoms with Gasteiger partial charge in [0.2, 0.25) is 0 Å². The van der Waals surface area contributed by atoms with Crippen LogP contribution in [0.1, 0.15) is 21.7 Å². The van der Waals surface area contributed by atoms with Gasteiger partial charge in [0.25, 0.3) is 5.91 Å². The molecule has 0 bridgehead atoms. The van der Waals surface area contributed by atoms with Gasteiger partial charge in [-0.1, -0.05) is 0 Å². The maximum Gasteiger partial charge on any atom is 0.253 e. The van der Waals surface area contributed by atoms with Crippen molar-refractivity contribution in [2.75, 3.05) is 19.9 Å². The summed E-state index contributed by atoms with van der Waals surface area (Å²) in [6, 6.07) is 6.89. The van der Waals surface area contributed by atoms with Gasteiger partial charge in [-0.15, -0.1) is 0 Å². The van der Waals surface area contributed by atoms with Crippen molar-refractivity contribution in [3.63, 3.8) is 0 Å². The third-order valence-corrected chi connectivity index (χ3v) is 3.20. The van der Waals surface area contributed by atoms with E-state index in [2.05, 4.69) is 0 Å². The number of ether oxygens (including phenoxy) is 1. The first-order valence-corrected chi connectivity index (χ1v) is 6.25. The van der Waals surface area contributed by atoms with Crippen molar-refractivity contribution < 1.29 is 13.9 Å². The number of amides is 1. The Labute approximate surface area is 117 Å². The summed E-state index contributed by atoms with van der Waals surface area (Å²) < 4.78 is 10.3. The Hall–Kier alpha value is -2.43.